The van der Waals surface area contributed by atoms with Crippen molar-refractivity contribution in [1.82, 2.24) is 33.7 Å². The highest BCUT2D eigenvalue weighted by Crippen LogP contribution is 2.30. The number of fused-ring (bicyclic) bond motifs is 2. The summed E-state index contributed by atoms with van der Waals surface area (Å²) in [5, 5.41) is 5.05. The van der Waals surface area contributed by atoms with Gasteiger partial charge in [-0.25, -0.2) is 19.9 Å². The first-order valence-electron chi connectivity index (χ1n) is 12.7. The van der Waals surface area contributed by atoms with Gasteiger partial charge >= 0.3 is 0 Å². The third kappa shape index (κ3) is 6.58. The minimum Gasteiger partial charge on any atom is -0.363 e. The zero-order valence-corrected chi connectivity index (χ0v) is 28.5. The summed E-state index contributed by atoms with van der Waals surface area (Å²) in [6.45, 7) is 0.617. The molecule has 0 saturated heterocycles. The van der Waals surface area contributed by atoms with Crippen LogP contribution in [0, 0.1) is 7.40 Å². The van der Waals surface area contributed by atoms with Gasteiger partial charge in [0, 0.05) is 42.5 Å². The smallest absolute Gasteiger partial charge is 0.180 e. The van der Waals surface area contributed by atoms with Crippen LogP contribution in [-0.2, 0) is 6.54 Å². The van der Waals surface area contributed by atoms with Crippen LogP contribution in [0.4, 0.5) is 5.82 Å². The van der Waals surface area contributed by atoms with Crippen molar-refractivity contribution in [3.05, 3.63) is 126 Å². The molecule has 0 bridgehead atoms. The van der Waals surface area contributed by atoms with Gasteiger partial charge in [-0.15, -0.1) is 0 Å². The summed E-state index contributed by atoms with van der Waals surface area (Å²) in [6.07, 6.45) is 11.0. The Morgan fingerprint density at radius 2 is 1.26 bits per heavy atom. The predicted octanol–water partition coefficient (Wildman–Crippen LogP) is 8.97. The molecule has 0 unspecified atom stereocenters. The number of halogens is 5. The maximum absolute atomic E-state index is 6.35. The number of anilines is 1. The molecule has 0 aliphatic carbocycles. The maximum atomic E-state index is 6.35. The Kier molecular flexibility index (Phi) is 9.28. The van der Waals surface area contributed by atoms with Crippen LogP contribution < -0.4 is 5.32 Å². The van der Waals surface area contributed by atoms with Gasteiger partial charge in [0.25, 0.3) is 0 Å². The molecule has 5 heterocycles. The molecule has 0 aliphatic rings. The second-order valence-corrected chi connectivity index (χ2v) is 12.5. The molecule has 0 amide bonds. The Morgan fingerprint density at radius 3 is 1.86 bits per heavy atom. The Balaban J connectivity index is 0.000000162. The van der Waals surface area contributed by atoms with E-state index in [4.69, 9.17) is 39.8 Å². The van der Waals surface area contributed by atoms with Gasteiger partial charge in [-0.2, -0.15) is 0 Å². The average Bonchev–Trinajstić information content (AvgIpc) is 3.59. The van der Waals surface area contributed by atoms with Crippen LogP contribution in [0.5, 0.6) is 0 Å². The molecule has 7 aromatic rings. The Bertz CT molecular complexity index is 2060. The second-order valence-electron chi connectivity index (χ2n) is 9.12. The van der Waals surface area contributed by atoms with E-state index in [9.17, 15) is 0 Å². The van der Waals surface area contributed by atoms with Gasteiger partial charge < -0.3 is 5.32 Å². The van der Waals surface area contributed by atoms with Crippen LogP contribution >= 0.6 is 80.0 Å². The van der Waals surface area contributed by atoms with Crippen molar-refractivity contribution in [3.63, 3.8) is 0 Å². The summed E-state index contributed by atoms with van der Waals surface area (Å²) in [6, 6.07) is 19.2. The SMILES string of the molecule is Clc1ccccc1-c1cn2c(I)cnc2c(Cl)n1.Clc1ccccc1-c1cn2c(I)cnc2c(NCc2cccnc2)n1. The lowest BCUT2D eigenvalue weighted by atomic mass is 10.1. The zero-order chi connectivity index (χ0) is 29.9. The lowest BCUT2D eigenvalue weighted by Crippen LogP contribution is -2.06. The molecule has 0 spiro atoms. The van der Waals surface area contributed by atoms with Crippen molar-refractivity contribution >= 4 is 97.1 Å². The maximum Gasteiger partial charge on any atom is 0.180 e. The molecule has 0 radical (unpaired) electrons. The van der Waals surface area contributed by atoms with E-state index in [2.05, 4.69) is 70.4 Å². The largest absolute Gasteiger partial charge is 0.363 e. The van der Waals surface area contributed by atoms with Crippen molar-refractivity contribution in [3.8, 4) is 22.5 Å². The monoisotopic (exact) mass is 850 g/mol. The summed E-state index contributed by atoms with van der Waals surface area (Å²) in [5.74, 6) is 0.712. The fourth-order valence-corrected chi connectivity index (χ4v) is 6.00. The van der Waals surface area contributed by atoms with Crippen molar-refractivity contribution in [2.75, 3.05) is 5.32 Å². The molecule has 7 rings (SSSR count). The highest BCUT2D eigenvalue weighted by molar-refractivity contribution is 14.1. The highest BCUT2D eigenvalue weighted by Gasteiger charge is 2.14. The van der Waals surface area contributed by atoms with Gasteiger partial charge in [0.2, 0.25) is 0 Å². The summed E-state index contributed by atoms with van der Waals surface area (Å²) in [5.41, 5.74) is 5.77. The molecule has 0 saturated carbocycles. The Morgan fingerprint density at radius 1 is 0.674 bits per heavy atom. The number of aromatic nitrogens is 7. The number of hydrogen-bond donors (Lipinski definition) is 1. The molecular formula is C30H19Cl3I2N8. The molecule has 1 N–H and O–H groups in total. The third-order valence-electron chi connectivity index (χ3n) is 6.34. The van der Waals surface area contributed by atoms with E-state index in [-0.39, 0.29) is 0 Å². The van der Waals surface area contributed by atoms with Gasteiger partial charge in [-0.05, 0) is 68.9 Å². The van der Waals surface area contributed by atoms with Crippen LogP contribution in [0.3, 0.4) is 0 Å². The number of nitrogens with one attached hydrogen (secondary N) is 1. The lowest BCUT2D eigenvalue weighted by molar-refractivity contribution is 1.05. The first-order valence-corrected chi connectivity index (χ1v) is 16.0. The van der Waals surface area contributed by atoms with Gasteiger partial charge in [-0.3, -0.25) is 13.8 Å². The molecule has 2 aromatic carbocycles. The fraction of sp³-hybridized carbons (Fsp3) is 0.0333. The third-order valence-corrected chi connectivity index (χ3v) is 8.84. The van der Waals surface area contributed by atoms with Crippen LogP contribution in [-0.4, -0.2) is 33.7 Å². The molecular weight excluding hydrogens is 833 g/mol. The number of pyridine rings is 1. The van der Waals surface area contributed by atoms with E-state index in [1.807, 2.05) is 94.3 Å². The standard InChI is InChI=1S/C18H13ClIN5.C12H6Cl2IN3/c19-14-6-2-1-5-13(14)15-11-25-16(20)10-23-18(25)17(24-15)22-9-12-4-3-7-21-8-12;13-8-4-2-1-3-7(8)9-6-18-10(15)5-16-12(18)11(14)17-9/h1-8,10-11H,9H2,(H,22,24);1-6H. The van der Waals surface area contributed by atoms with Crippen LogP contribution in [0.15, 0.2) is 97.8 Å². The van der Waals surface area contributed by atoms with Gasteiger partial charge in [0.1, 0.15) is 7.40 Å². The van der Waals surface area contributed by atoms with Crippen molar-refractivity contribution in [1.29, 1.82) is 0 Å². The van der Waals surface area contributed by atoms with E-state index in [1.165, 1.54) is 0 Å². The van der Waals surface area contributed by atoms with Crippen molar-refractivity contribution in [2.24, 2.45) is 0 Å². The van der Waals surface area contributed by atoms with E-state index >= 15 is 0 Å². The normalized spacial score (nSPS) is 11.0. The number of hydrogen-bond acceptors (Lipinski definition) is 6. The van der Waals surface area contributed by atoms with Crippen molar-refractivity contribution < 1.29 is 0 Å². The average molecular weight is 852 g/mol. The van der Waals surface area contributed by atoms with Crippen molar-refractivity contribution in [2.45, 2.75) is 6.54 Å². The van der Waals surface area contributed by atoms with Gasteiger partial charge in [-0.1, -0.05) is 77.3 Å². The molecule has 43 heavy (non-hydrogen) atoms. The summed E-state index contributed by atoms with van der Waals surface area (Å²) in [4.78, 5) is 21.9. The number of benzene rings is 2. The van der Waals surface area contributed by atoms with E-state index in [0.29, 0.717) is 33.2 Å². The molecule has 0 atom stereocenters. The van der Waals surface area contributed by atoms with Crippen LogP contribution in [0.25, 0.3) is 33.8 Å². The van der Waals surface area contributed by atoms with E-state index < -0.39 is 0 Å². The molecule has 13 heteroatoms. The number of nitrogens with zero attached hydrogens (tertiary/aromatic N) is 7. The second kappa shape index (κ2) is 13.3. The van der Waals surface area contributed by atoms with Crippen LogP contribution in [0.1, 0.15) is 5.56 Å². The van der Waals surface area contributed by atoms with Gasteiger partial charge in [0.15, 0.2) is 22.3 Å². The molecule has 214 valence electrons. The van der Waals surface area contributed by atoms with E-state index in [0.717, 1.165) is 41.1 Å². The summed E-state index contributed by atoms with van der Waals surface area (Å²) >= 11 is 23.1. The first kappa shape index (κ1) is 30.0. The van der Waals surface area contributed by atoms with Gasteiger partial charge in [0.05, 0.1) is 33.8 Å². The molecule has 5 aromatic heterocycles. The quantitative estimate of drug-likeness (QED) is 0.174. The molecule has 0 aliphatic heterocycles. The topological polar surface area (TPSA) is 85.3 Å². The first-order chi connectivity index (χ1) is 20.9. The minimum absolute atomic E-state index is 0.371. The summed E-state index contributed by atoms with van der Waals surface area (Å²) < 4.78 is 5.89. The fourth-order valence-electron chi connectivity index (χ4n) is 4.29. The predicted molar refractivity (Wildman–Crippen MR) is 189 cm³/mol. The van der Waals surface area contributed by atoms with E-state index in [1.54, 1.807) is 12.4 Å². The Hall–Kier alpha value is -3.04. The molecule has 8 nitrogen and oxygen atoms in total. The number of imidazole rings is 2. The Labute approximate surface area is 288 Å². The lowest BCUT2D eigenvalue weighted by Gasteiger charge is -2.11. The molecule has 0 fully saturated rings. The van der Waals surface area contributed by atoms with Crippen LogP contribution in [0.2, 0.25) is 15.2 Å². The highest BCUT2D eigenvalue weighted by atomic mass is 127. The zero-order valence-electron chi connectivity index (χ0n) is 22.0. The minimum atomic E-state index is 0.371. The summed E-state index contributed by atoms with van der Waals surface area (Å²) in [7, 11) is 0. The number of rotatable bonds is 5.